The maximum absolute atomic E-state index is 10.4. The Bertz CT molecular complexity index is 439. The van der Waals surface area contributed by atoms with Gasteiger partial charge in [-0.05, 0) is 18.8 Å². The molecule has 96 valence electrons. The van der Waals surface area contributed by atoms with E-state index in [2.05, 4.69) is 22.2 Å². The van der Waals surface area contributed by atoms with Gasteiger partial charge in [-0.2, -0.15) is 5.26 Å². The number of aliphatic hydroxyl groups is 1. The molecule has 2 unspecified atom stereocenters. The zero-order valence-electron chi connectivity index (χ0n) is 10.6. The molecule has 5 heteroatoms. The third-order valence-corrected chi connectivity index (χ3v) is 3.43. The van der Waals surface area contributed by atoms with Gasteiger partial charge in [-0.3, -0.25) is 0 Å². The highest BCUT2D eigenvalue weighted by Crippen LogP contribution is 2.32. The number of rotatable bonds is 3. The fourth-order valence-electron chi connectivity index (χ4n) is 2.53. The highest BCUT2D eigenvalue weighted by molar-refractivity contribution is 5.33. The minimum atomic E-state index is -0.646. The average Bonchev–Trinajstić information content (AvgIpc) is 2.37. The molecule has 0 spiro atoms. The topological polar surface area (TPSA) is 81.8 Å². The van der Waals surface area contributed by atoms with E-state index in [0.29, 0.717) is 24.0 Å². The number of nitrogens with zero attached hydrogens (tertiary/aromatic N) is 3. The van der Waals surface area contributed by atoms with Gasteiger partial charge in [0.15, 0.2) is 5.69 Å². The van der Waals surface area contributed by atoms with Crippen LogP contribution >= 0.6 is 0 Å². The van der Waals surface area contributed by atoms with Crippen LogP contribution in [0.25, 0.3) is 0 Å². The van der Waals surface area contributed by atoms with Crippen LogP contribution in [0, 0.1) is 17.2 Å². The van der Waals surface area contributed by atoms with Gasteiger partial charge in [0.25, 0.3) is 0 Å². The predicted molar refractivity (Wildman–Crippen MR) is 67.8 cm³/mol. The van der Waals surface area contributed by atoms with Gasteiger partial charge in [0.1, 0.15) is 11.9 Å². The first-order valence-electron chi connectivity index (χ1n) is 6.30. The summed E-state index contributed by atoms with van der Waals surface area (Å²) in [5.41, 5.74) is -0.349. The molecule has 1 aromatic heterocycles. The van der Waals surface area contributed by atoms with E-state index in [9.17, 15) is 5.11 Å². The second-order valence-electron chi connectivity index (χ2n) is 5.18. The molecule has 1 aliphatic carbocycles. The maximum atomic E-state index is 10.4. The Labute approximate surface area is 107 Å². The molecule has 1 heterocycles. The van der Waals surface area contributed by atoms with Gasteiger partial charge in [-0.25, -0.2) is 9.97 Å². The van der Waals surface area contributed by atoms with Crippen molar-refractivity contribution in [3.63, 3.8) is 0 Å². The summed E-state index contributed by atoms with van der Waals surface area (Å²) in [5, 5.41) is 22.2. The molecule has 0 saturated heterocycles. The van der Waals surface area contributed by atoms with Crippen molar-refractivity contribution in [2.24, 2.45) is 5.92 Å². The number of hydrogen-bond acceptors (Lipinski definition) is 5. The first-order valence-corrected chi connectivity index (χ1v) is 6.30. The average molecular weight is 246 g/mol. The van der Waals surface area contributed by atoms with Crippen LogP contribution in [0.3, 0.4) is 0 Å². The molecular weight excluding hydrogens is 228 g/mol. The zero-order valence-corrected chi connectivity index (χ0v) is 10.6. The standard InChI is InChI=1S/C13H18N4O/c1-10-3-2-4-13(18,5-10)9-17-12-8-15-11(6-14)7-16-12/h7-8,10,18H,2-5,9H2,1H3,(H,16,17). The van der Waals surface area contributed by atoms with Crippen LogP contribution in [-0.4, -0.2) is 27.2 Å². The maximum Gasteiger partial charge on any atom is 0.158 e. The Hall–Kier alpha value is -1.67. The van der Waals surface area contributed by atoms with E-state index in [0.717, 1.165) is 19.3 Å². The van der Waals surface area contributed by atoms with Crippen molar-refractivity contribution >= 4 is 5.82 Å². The second-order valence-corrected chi connectivity index (χ2v) is 5.18. The number of aromatic nitrogens is 2. The Morgan fingerprint density at radius 2 is 2.39 bits per heavy atom. The molecule has 1 aromatic rings. The summed E-state index contributed by atoms with van der Waals surface area (Å²) in [4.78, 5) is 8.01. The van der Waals surface area contributed by atoms with Crippen molar-refractivity contribution in [2.45, 2.75) is 38.2 Å². The lowest BCUT2D eigenvalue weighted by Crippen LogP contribution is -2.41. The molecule has 2 rings (SSSR count). The lowest BCUT2D eigenvalue weighted by molar-refractivity contribution is -0.000830. The fourth-order valence-corrected chi connectivity index (χ4v) is 2.53. The third kappa shape index (κ3) is 3.17. The first-order chi connectivity index (χ1) is 8.61. The largest absolute Gasteiger partial charge is 0.388 e. The van der Waals surface area contributed by atoms with Gasteiger partial charge in [-0.15, -0.1) is 0 Å². The molecular formula is C13H18N4O. The van der Waals surface area contributed by atoms with Crippen LogP contribution in [-0.2, 0) is 0 Å². The number of hydrogen-bond donors (Lipinski definition) is 2. The Kier molecular flexibility index (Phi) is 3.78. The van der Waals surface area contributed by atoms with Gasteiger partial charge < -0.3 is 10.4 Å². The molecule has 0 radical (unpaired) electrons. The third-order valence-electron chi connectivity index (χ3n) is 3.43. The Balaban J connectivity index is 1.92. The molecule has 2 atom stereocenters. The van der Waals surface area contributed by atoms with Gasteiger partial charge in [0.05, 0.1) is 18.0 Å². The van der Waals surface area contributed by atoms with E-state index in [1.807, 2.05) is 6.07 Å². The van der Waals surface area contributed by atoms with Crippen LogP contribution in [0.5, 0.6) is 0 Å². The van der Waals surface area contributed by atoms with Gasteiger partial charge in [-0.1, -0.05) is 19.8 Å². The molecule has 18 heavy (non-hydrogen) atoms. The monoisotopic (exact) mass is 246 g/mol. The summed E-state index contributed by atoms with van der Waals surface area (Å²) in [6, 6.07) is 1.92. The smallest absolute Gasteiger partial charge is 0.158 e. The van der Waals surface area contributed by atoms with Crippen LogP contribution in [0.15, 0.2) is 12.4 Å². The van der Waals surface area contributed by atoms with Gasteiger partial charge in [0.2, 0.25) is 0 Å². The van der Waals surface area contributed by atoms with Crippen molar-refractivity contribution in [1.82, 2.24) is 9.97 Å². The number of nitriles is 1. The summed E-state index contributed by atoms with van der Waals surface area (Å²) in [5.74, 6) is 1.17. The Morgan fingerprint density at radius 3 is 3.00 bits per heavy atom. The second kappa shape index (κ2) is 5.32. The quantitative estimate of drug-likeness (QED) is 0.848. The van der Waals surface area contributed by atoms with E-state index in [-0.39, 0.29) is 0 Å². The van der Waals surface area contributed by atoms with E-state index in [1.54, 1.807) is 0 Å². The van der Waals surface area contributed by atoms with Crippen molar-refractivity contribution in [2.75, 3.05) is 11.9 Å². The van der Waals surface area contributed by atoms with Crippen LogP contribution in [0.1, 0.15) is 38.3 Å². The van der Waals surface area contributed by atoms with E-state index >= 15 is 0 Å². The zero-order chi connectivity index (χ0) is 13.0. The van der Waals surface area contributed by atoms with E-state index in [1.165, 1.54) is 18.8 Å². The van der Waals surface area contributed by atoms with Gasteiger partial charge in [0, 0.05) is 6.54 Å². The normalized spacial score (nSPS) is 27.5. The molecule has 1 aliphatic rings. The highest BCUT2D eigenvalue weighted by atomic mass is 16.3. The summed E-state index contributed by atoms with van der Waals surface area (Å²) in [6.07, 6.45) is 6.86. The predicted octanol–water partition coefficient (Wildman–Crippen LogP) is 1.70. The SMILES string of the molecule is CC1CCCC(O)(CNc2cnc(C#N)cn2)C1. The summed E-state index contributed by atoms with van der Waals surface area (Å²) < 4.78 is 0. The number of nitrogens with one attached hydrogen (secondary N) is 1. The minimum absolute atomic E-state index is 0.297. The van der Waals surface area contributed by atoms with Crippen LogP contribution < -0.4 is 5.32 Å². The summed E-state index contributed by atoms with van der Waals surface area (Å²) in [6.45, 7) is 2.66. The molecule has 2 N–H and O–H groups in total. The molecule has 0 aliphatic heterocycles. The summed E-state index contributed by atoms with van der Waals surface area (Å²) >= 11 is 0. The highest BCUT2D eigenvalue weighted by Gasteiger charge is 2.32. The molecule has 5 nitrogen and oxygen atoms in total. The van der Waals surface area contributed by atoms with E-state index in [4.69, 9.17) is 5.26 Å². The first kappa shape index (κ1) is 12.8. The minimum Gasteiger partial charge on any atom is -0.388 e. The molecule has 0 aromatic carbocycles. The lowest BCUT2D eigenvalue weighted by atomic mass is 9.79. The van der Waals surface area contributed by atoms with Crippen molar-refractivity contribution in [3.05, 3.63) is 18.1 Å². The Morgan fingerprint density at radius 1 is 1.56 bits per heavy atom. The fraction of sp³-hybridized carbons (Fsp3) is 0.615. The lowest BCUT2D eigenvalue weighted by Gasteiger charge is -2.35. The van der Waals surface area contributed by atoms with Crippen LogP contribution in [0.2, 0.25) is 0 Å². The van der Waals surface area contributed by atoms with E-state index < -0.39 is 5.60 Å². The van der Waals surface area contributed by atoms with Gasteiger partial charge >= 0.3 is 0 Å². The van der Waals surface area contributed by atoms with Crippen molar-refractivity contribution in [1.29, 1.82) is 5.26 Å². The molecule has 1 saturated carbocycles. The van der Waals surface area contributed by atoms with Crippen molar-refractivity contribution < 1.29 is 5.11 Å². The number of anilines is 1. The molecule has 0 amide bonds. The molecule has 1 fully saturated rings. The molecule has 0 bridgehead atoms. The van der Waals surface area contributed by atoms with Crippen molar-refractivity contribution in [3.8, 4) is 6.07 Å². The van der Waals surface area contributed by atoms with Crippen LogP contribution in [0.4, 0.5) is 5.82 Å². The summed E-state index contributed by atoms with van der Waals surface area (Å²) in [7, 11) is 0.